The summed E-state index contributed by atoms with van der Waals surface area (Å²) < 4.78 is 0. The van der Waals surface area contributed by atoms with Crippen LogP contribution in [0.1, 0.15) is 24.0 Å². The Labute approximate surface area is 169 Å². The highest BCUT2D eigenvalue weighted by Crippen LogP contribution is 2.19. The van der Waals surface area contributed by atoms with Crippen LogP contribution in [-0.4, -0.2) is 80.7 Å². The molecule has 0 saturated carbocycles. The van der Waals surface area contributed by atoms with Crippen LogP contribution >= 0.6 is 0 Å². The van der Waals surface area contributed by atoms with Crippen LogP contribution in [0.2, 0.25) is 0 Å². The molecule has 0 aliphatic carbocycles. The lowest BCUT2D eigenvalue weighted by molar-refractivity contribution is 0.274. The Bertz CT molecular complexity index is 765. The van der Waals surface area contributed by atoms with Gasteiger partial charge in [-0.15, -0.1) is 0 Å². The highest BCUT2D eigenvalue weighted by atomic mass is 15.2. The van der Waals surface area contributed by atoms with Gasteiger partial charge < -0.3 is 25.4 Å². The van der Waals surface area contributed by atoms with Crippen molar-refractivity contribution in [1.82, 2.24) is 25.4 Å². The summed E-state index contributed by atoms with van der Waals surface area (Å²) in [6.45, 7) is 9.94. The maximum Gasteiger partial charge on any atom is 0.190 e. The molecule has 2 heterocycles. The molecule has 1 aromatic heterocycles. The van der Waals surface area contributed by atoms with E-state index in [1.807, 2.05) is 7.05 Å². The molecule has 0 spiro atoms. The van der Waals surface area contributed by atoms with Gasteiger partial charge in [0.05, 0.1) is 0 Å². The normalized spacial score (nSPS) is 17.0. The average Bonchev–Trinajstić information content (AvgIpc) is 2.96. The number of benzene rings is 1. The van der Waals surface area contributed by atoms with E-state index < -0.39 is 0 Å². The third-order valence-corrected chi connectivity index (χ3v) is 5.59. The van der Waals surface area contributed by atoms with Crippen molar-refractivity contribution in [3.05, 3.63) is 35.5 Å². The van der Waals surface area contributed by atoms with Crippen molar-refractivity contribution in [2.45, 2.75) is 26.2 Å². The lowest BCUT2D eigenvalue weighted by Crippen LogP contribution is -2.39. The second-order valence-electron chi connectivity index (χ2n) is 7.89. The molecular formula is C22H36N6. The number of aromatic amines is 1. The minimum absolute atomic E-state index is 0.874. The molecule has 3 N–H and O–H groups in total. The molecule has 1 aliphatic heterocycles. The number of rotatable bonds is 7. The van der Waals surface area contributed by atoms with Crippen molar-refractivity contribution in [3.63, 3.8) is 0 Å². The molecule has 0 radical (unpaired) electrons. The lowest BCUT2D eigenvalue weighted by atomic mass is 10.1. The van der Waals surface area contributed by atoms with Crippen LogP contribution in [0.15, 0.2) is 29.4 Å². The van der Waals surface area contributed by atoms with Gasteiger partial charge in [0.25, 0.3) is 0 Å². The Morgan fingerprint density at radius 1 is 1.14 bits per heavy atom. The molecule has 0 amide bonds. The van der Waals surface area contributed by atoms with Gasteiger partial charge in [0.15, 0.2) is 5.96 Å². The SMILES string of the molecule is CN=C(NCCCN1CCCN(C)CC1)NCCc1c[nH]c2cc(C)ccc12. The van der Waals surface area contributed by atoms with Crippen molar-refractivity contribution in [1.29, 1.82) is 0 Å². The Morgan fingerprint density at radius 2 is 2.00 bits per heavy atom. The standard InChI is InChI=1S/C22H36N6/c1-18-6-7-20-19(17-26-21(20)16-18)8-10-25-22(23-2)24-9-4-12-28-13-5-11-27(3)14-15-28/h6-7,16-17,26H,4-5,8-15H2,1-3H3,(H2,23,24,25). The third kappa shape index (κ3) is 5.97. The molecule has 154 valence electrons. The number of aryl methyl sites for hydroxylation is 1. The number of hydrogen-bond donors (Lipinski definition) is 3. The minimum atomic E-state index is 0.874. The van der Waals surface area contributed by atoms with Gasteiger partial charge in [0, 0.05) is 50.3 Å². The molecule has 1 aromatic carbocycles. The number of hydrogen-bond acceptors (Lipinski definition) is 3. The second-order valence-corrected chi connectivity index (χ2v) is 7.89. The maximum absolute atomic E-state index is 4.36. The summed E-state index contributed by atoms with van der Waals surface area (Å²) in [4.78, 5) is 12.7. The highest BCUT2D eigenvalue weighted by molar-refractivity contribution is 5.84. The number of nitrogens with one attached hydrogen (secondary N) is 3. The largest absolute Gasteiger partial charge is 0.361 e. The molecular weight excluding hydrogens is 348 g/mol. The van der Waals surface area contributed by atoms with E-state index in [1.165, 1.54) is 54.6 Å². The van der Waals surface area contributed by atoms with Gasteiger partial charge in [0.1, 0.15) is 0 Å². The maximum atomic E-state index is 4.36. The zero-order valence-corrected chi connectivity index (χ0v) is 17.7. The Kier molecular flexibility index (Phi) is 7.74. The fourth-order valence-electron chi connectivity index (χ4n) is 3.88. The van der Waals surface area contributed by atoms with Gasteiger partial charge in [-0.25, -0.2) is 0 Å². The first kappa shape index (κ1) is 20.7. The molecule has 6 nitrogen and oxygen atoms in total. The lowest BCUT2D eigenvalue weighted by Gasteiger charge is -2.20. The fraction of sp³-hybridized carbons (Fsp3) is 0.591. The van der Waals surface area contributed by atoms with E-state index >= 15 is 0 Å². The van der Waals surface area contributed by atoms with Gasteiger partial charge in [-0.3, -0.25) is 4.99 Å². The van der Waals surface area contributed by atoms with Crippen molar-refractivity contribution in [2.24, 2.45) is 4.99 Å². The number of guanidine groups is 1. The number of nitrogens with zero attached hydrogens (tertiary/aromatic N) is 3. The van der Waals surface area contributed by atoms with Crippen LogP contribution in [0.4, 0.5) is 0 Å². The zero-order chi connectivity index (χ0) is 19.8. The summed E-state index contributed by atoms with van der Waals surface area (Å²) in [5.41, 5.74) is 3.86. The molecule has 0 unspecified atom stereocenters. The number of aromatic nitrogens is 1. The average molecular weight is 385 g/mol. The summed E-state index contributed by atoms with van der Waals surface area (Å²) in [5, 5.41) is 8.21. The van der Waals surface area contributed by atoms with E-state index in [2.05, 4.69) is 68.8 Å². The first-order valence-electron chi connectivity index (χ1n) is 10.6. The first-order chi connectivity index (χ1) is 13.7. The van der Waals surface area contributed by atoms with E-state index in [0.29, 0.717) is 0 Å². The van der Waals surface area contributed by atoms with Gasteiger partial charge in [-0.05, 0) is 70.1 Å². The van der Waals surface area contributed by atoms with Gasteiger partial charge in [-0.1, -0.05) is 12.1 Å². The van der Waals surface area contributed by atoms with Crippen molar-refractivity contribution in [3.8, 4) is 0 Å². The zero-order valence-electron chi connectivity index (χ0n) is 17.7. The van der Waals surface area contributed by atoms with E-state index in [0.717, 1.165) is 38.4 Å². The third-order valence-electron chi connectivity index (χ3n) is 5.59. The smallest absolute Gasteiger partial charge is 0.190 e. The van der Waals surface area contributed by atoms with E-state index in [-0.39, 0.29) is 0 Å². The highest BCUT2D eigenvalue weighted by Gasteiger charge is 2.11. The first-order valence-corrected chi connectivity index (χ1v) is 10.6. The van der Waals surface area contributed by atoms with Crippen LogP contribution in [0.5, 0.6) is 0 Å². The predicted molar refractivity (Wildman–Crippen MR) is 119 cm³/mol. The van der Waals surface area contributed by atoms with Crippen LogP contribution in [0.3, 0.4) is 0 Å². The molecule has 0 bridgehead atoms. The van der Waals surface area contributed by atoms with Crippen LogP contribution in [0, 0.1) is 6.92 Å². The van der Waals surface area contributed by atoms with Crippen molar-refractivity contribution in [2.75, 3.05) is 59.9 Å². The number of aliphatic imine (C=N–C) groups is 1. The quantitative estimate of drug-likeness (QED) is 0.389. The number of likely N-dealkylation sites (N-methyl/N-ethyl adjacent to an activating group) is 1. The summed E-state index contributed by atoms with van der Waals surface area (Å²) in [5.74, 6) is 0.895. The Hall–Kier alpha value is -2.05. The summed E-state index contributed by atoms with van der Waals surface area (Å²) in [6.07, 6.45) is 5.53. The second kappa shape index (κ2) is 10.5. The van der Waals surface area contributed by atoms with Crippen LogP contribution in [0.25, 0.3) is 10.9 Å². The topological polar surface area (TPSA) is 58.7 Å². The summed E-state index contributed by atoms with van der Waals surface area (Å²) in [7, 11) is 4.06. The van der Waals surface area contributed by atoms with Crippen LogP contribution in [-0.2, 0) is 6.42 Å². The van der Waals surface area contributed by atoms with Gasteiger partial charge >= 0.3 is 0 Å². The van der Waals surface area contributed by atoms with Crippen molar-refractivity contribution >= 4 is 16.9 Å². The Morgan fingerprint density at radius 3 is 2.86 bits per heavy atom. The summed E-state index contributed by atoms with van der Waals surface area (Å²) >= 11 is 0. The molecule has 1 saturated heterocycles. The fourth-order valence-corrected chi connectivity index (χ4v) is 3.88. The van der Waals surface area contributed by atoms with Gasteiger partial charge in [-0.2, -0.15) is 0 Å². The van der Waals surface area contributed by atoms with Gasteiger partial charge in [0.2, 0.25) is 0 Å². The number of fused-ring (bicyclic) bond motifs is 1. The molecule has 0 atom stereocenters. The monoisotopic (exact) mass is 384 g/mol. The predicted octanol–water partition coefficient (Wildman–Crippen LogP) is 2.21. The molecule has 1 aliphatic rings. The van der Waals surface area contributed by atoms with E-state index in [9.17, 15) is 0 Å². The van der Waals surface area contributed by atoms with Crippen molar-refractivity contribution < 1.29 is 0 Å². The van der Waals surface area contributed by atoms with E-state index in [4.69, 9.17) is 0 Å². The Balaban J connectivity index is 1.35. The van der Waals surface area contributed by atoms with Crippen LogP contribution < -0.4 is 10.6 Å². The molecule has 3 rings (SSSR count). The molecule has 6 heteroatoms. The summed E-state index contributed by atoms with van der Waals surface area (Å²) in [6, 6.07) is 6.59. The number of H-pyrrole nitrogens is 1. The van der Waals surface area contributed by atoms with E-state index in [1.54, 1.807) is 0 Å². The molecule has 1 fully saturated rings. The molecule has 28 heavy (non-hydrogen) atoms. The molecule has 2 aromatic rings. The minimum Gasteiger partial charge on any atom is -0.361 e.